The van der Waals surface area contributed by atoms with Crippen molar-refractivity contribution in [2.75, 3.05) is 0 Å². The summed E-state index contributed by atoms with van der Waals surface area (Å²) in [4.78, 5) is 28.9. The first-order valence-electron chi connectivity index (χ1n) is 11.6. The zero-order valence-electron chi connectivity index (χ0n) is 19.8. The Labute approximate surface area is 222 Å². The minimum Gasteiger partial charge on any atom is -0.352 e. The first-order valence-corrected chi connectivity index (χ1v) is 12.7. The van der Waals surface area contributed by atoms with E-state index in [9.17, 15) is 9.59 Å². The fraction of sp³-hybridized carbons (Fsp3) is 0.286. The molecule has 1 N–H and O–H groups in total. The van der Waals surface area contributed by atoms with Crippen LogP contribution in [0.4, 0.5) is 0 Å². The Hall–Kier alpha value is -2.53. The zero-order valence-corrected chi connectivity index (χ0v) is 22.1. The van der Waals surface area contributed by atoms with E-state index in [1.807, 2.05) is 62.4 Å². The number of carbonyl (C=O) groups excluding carboxylic acids is 2. The van der Waals surface area contributed by atoms with Gasteiger partial charge in [-0.05, 0) is 48.2 Å². The number of benzene rings is 3. The molecule has 184 valence electrons. The molecule has 3 aromatic carbocycles. The molecule has 2 amide bonds. The highest BCUT2D eigenvalue weighted by Gasteiger charge is 2.31. The lowest BCUT2D eigenvalue weighted by atomic mass is 10.0. The van der Waals surface area contributed by atoms with Gasteiger partial charge < -0.3 is 10.2 Å². The maximum absolute atomic E-state index is 13.8. The monoisotopic (exact) mass is 530 g/mol. The number of rotatable bonds is 10. The number of nitrogens with zero attached hydrogens (tertiary/aromatic N) is 1. The summed E-state index contributed by atoms with van der Waals surface area (Å²) < 4.78 is 0. The van der Waals surface area contributed by atoms with E-state index < -0.39 is 6.04 Å². The third kappa shape index (κ3) is 7.73. The Kier molecular flexibility index (Phi) is 10.0. The fourth-order valence-electron chi connectivity index (χ4n) is 3.73. The van der Waals surface area contributed by atoms with Crippen molar-refractivity contribution in [2.24, 2.45) is 0 Å². The third-order valence-corrected chi connectivity index (χ3v) is 6.88. The van der Waals surface area contributed by atoms with Crippen LogP contribution in [0.2, 0.25) is 15.1 Å². The van der Waals surface area contributed by atoms with E-state index in [-0.39, 0.29) is 30.8 Å². The molecule has 4 nitrogen and oxygen atoms in total. The number of amides is 2. The molecular weight excluding hydrogens is 503 g/mol. The molecule has 3 aromatic rings. The second-order valence-corrected chi connectivity index (χ2v) is 9.80. The summed E-state index contributed by atoms with van der Waals surface area (Å²) in [5.41, 5.74) is 2.36. The maximum atomic E-state index is 13.8. The largest absolute Gasteiger partial charge is 0.352 e. The maximum Gasteiger partial charge on any atom is 0.243 e. The second kappa shape index (κ2) is 13.0. The molecule has 0 aromatic heterocycles. The molecule has 0 fully saturated rings. The van der Waals surface area contributed by atoms with E-state index >= 15 is 0 Å². The van der Waals surface area contributed by atoms with Crippen LogP contribution < -0.4 is 5.32 Å². The minimum absolute atomic E-state index is 0.0243. The van der Waals surface area contributed by atoms with Gasteiger partial charge in [0.25, 0.3) is 0 Å². The number of carbonyl (C=O) groups is 2. The van der Waals surface area contributed by atoms with Crippen molar-refractivity contribution < 1.29 is 9.59 Å². The lowest BCUT2D eigenvalue weighted by Crippen LogP contribution is -2.52. The van der Waals surface area contributed by atoms with Gasteiger partial charge in [0.05, 0.1) is 6.42 Å². The standard InChI is InChI=1S/C28H29Cl3N2O2/c1-3-19(2)32-28(35)26(15-20-9-5-4-6-10-20)33(18-22-11-7-8-12-24(22)30)27(34)16-21-13-14-23(29)17-25(21)31/h4-14,17,19,26H,3,15-16,18H2,1-2H3,(H,32,35)/t19-,26+/m0/s1. The average molecular weight is 532 g/mol. The Morgan fingerprint density at radius 1 is 0.886 bits per heavy atom. The van der Waals surface area contributed by atoms with Gasteiger partial charge in [0, 0.05) is 34.1 Å². The van der Waals surface area contributed by atoms with Gasteiger partial charge >= 0.3 is 0 Å². The van der Waals surface area contributed by atoms with Gasteiger partial charge in [-0.15, -0.1) is 0 Å². The lowest BCUT2D eigenvalue weighted by molar-refractivity contribution is -0.141. The van der Waals surface area contributed by atoms with Crippen LogP contribution in [0.25, 0.3) is 0 Å². The number of halogens is 3. The topological polar surface area (TPSA) is 49.4 Å². The molecule has 2 atom stereocenters. The molecule has 0 saturated heterocycles. The molecule has 0 saturated carbocycles. The quantitative estimate of drug-likeness (QED) is 0.315. The van der Waals surface area contributed by atoms with E-state index in [0.717, 1.165) is 17.5 Å². The Morgan fingerprint density at radius 3 is 2.23 bits per heavy atom. The molecule has 0 spiro atoms. The van der Waals surface area contributed by atoms with Crippen LogP contribution in [0.15, 0.2) is 72.8 Å². The zero-order chi connectivity index (χ0) is 25.4. The van der Waals surface area contributed by atoms with Gasteiger partial charge in [-0.3, -0.25) is 9.59 Å². The summed E-state index contributed by atoms with van der Waals surface area (Å²) in [5.74, 6) is -0.430. The molecule has 0 aliphatic rings. The fourth-order valence-corrected chi connectivity index (χ4v) is 4.41. The van der Waals surface area contributed by atoms with E-state index in [0.29, 0.717) is 27.1 Å². The van der Waals surface area contributed by atoms with Crippen LogP contribution in [-0.4, -0.2) is 28.8 Å². The van der Waals surface area contributed by atoms with Crippen molar-refractivity contribution in [1.82, 2.24) is 10.2 Å². The predicted octanol–water partition coefficient (Wildman–Crippen LogP) is 6.74. The predicted molar refractivity (Wildman–Crippen MR) is 144 cm³/mol. The molecule has 0 aliphatic carbocycles. The second-order valence-electron chi connectivity index (χ2n) is 8.55. The molecule has 0 heterocycles. The van der Waals surface area contributed by atoms with Crippen molar-refractivity contribution in [3.8, 4) is 0 Å². The van der Waals surface area contributed by atoms with Crippen LogP contribution >= 0.6 is 34.8 Å². The van der Waals surface area contributed by atoms with Crippen LogP contribution in [0.3, 0.4) is 0 Å². The van der Waals surface area contributed by atoms with Crippen molar-refractivity contribution in [1.29, 1.82) is 0 Å². The number of hydrogen-bond acceptors (Lipinski definition) is 2. The van der Waals surface area contributed by atoms with E-state index in [4.69, 9.17) is 34.8 Å². The average Bonchev–Trinajstić information content (AvgIpc) is 2.84. The van der Waals surface area contributed by atoms with Crippen LogP contribution in [0, 0.1) is 0 Å². The van der Waals surface area contributed by atoms with Crippen molar-refractivity contribution >= 4 is 46.6 Å². The van der Waals surface area contributed by atoms with Gasteiger partial charge in [-0.2, -0.15) is 0 Å². The smallest absolute Gasteiger partial charge is 0.243 e. The SMILES string of the molecule is CC[C@H](C)NC(=O)[C@@H](Cc1ccccc1)N(Cc1ccccc1Cl)C(=O)Cc1ccc(Cl)cc1Cl. The van der Waals surface area contributed by atoms with Gasteiger partial charge in [0.15, 0.2) is 0 Å². The van der Waals surface area contributed by atoms with Gasteiger partial charge in [0.1, 0.15) is 6.04 Å². The third-order valence-electron chi connectivity index (χ3n) is 5.93. The van der Waals surface area contributed by atoms with E-state index in [1.54, 1.807) is 29.2 Å². The van der Waals surface area contributed by atoms with E-state index in [1.165, 1.54) is 0 Å². The summed E-state index contributed by atoms with van der Waals surface area (Å²) in [7, 11) is 0. The van der Waals surface area contributed by atoms with Crippen molar-refractivity contribution in [3.63, 3.8) is 0 Å². The van der Waals surface area contributed by atoms with Crippen molar-refractivity contribution in [2.45, 2.75) is 51.7 Å². The highest BCUT2D eigenvalue weighted by atomic mass is 35.5. The Morgan fingerprint density at radius 2 is 1.57 bits per heavy atom. The molecular formula is C28H29Cl3N2O2. The molecule has 3 rings (SSSR count). The Balaban J connectivity index is 2.00. The van der Waals surface area contributed by atoms with Crippen molar-refractivity contribution in [3.05, 3.63) is 105 Å². The summed E-state index contributed by atoms with van der Waals surface area (Å²) in [5, 5.41) is 4.50. The highest BCUT2D eigenvalue weighted by Crippen LogP contribution is 2.25. The number of hydrogen-bond donors (Lipinski definition) is 1. The molecule has 0 radical (unpaired) electrons. The summed E-state index contributed by atoms with van der Waals surface area (Å²) in [6.45, 7) is 4.15. The normalized spacial score (nSPS) is 12.6. The number of nitrogens with one attached hydrogen (secondary N) is 1. The molecule has 0 aliphatic heterocycles. The minimum atomic E-state index is -0.735. The lowest BCUT2D eigenvalue weighted by Gasteiger charge is -2.32. The van der Waals surface area contributed by atoms with Gasteiger partial charge in [-0.1, -0.05) is 96.3 Å². The highest BCUT2D eigenvalue weighted by molar-refractivity contribution is 6.35. The summed E-state index contributed by atoms with van der Waals surface area (Å²) >= 11 is 18.9. The van der Waals surface area contributed by atoms with Gasteiger partial charge in [-0.25, -0.2) is 0 Å². The summed E-state index contributed by atoms with van der Waals surface area (Å²) in [6.07, 6.45) is 1.18. The summed E-state index contributed by atoms with van der Waals surface area (Å²) in [6, 6.07) is 21.3. The molecule has 0 unspecified atom stereocenters. The van der Waals surface area contributed by atoms with Crippen LogP contribution in [-0.2, 0) is 29.0 Å². The molecule has 0 bridgehead atoms. The van der Waals surface area contributed by atoms with Crippen LogP contribution in [0.1, 0.15) is 37.0 Å². The molecule has 7 heteroatoms. The van der Waals surface area contributed by atoms with Crippen LogP contribution in [0.5, 0.6) is 0 Å². The first-order chi connectivity index (χ1) is 16.8. The Bertz CT molecular complexity index is 1150. The first kappa shape index (κ1) is 27.1. The van der Waals surface area contributed by atoms with E-state index in [2.05, 4.69) is 5.32 Å². The van der Waals surface area contributed by atoms with Gasteiger partial charge in [0.2, 0.25) is 11.8 Å². The molecule has 35 heavy (non-hydrogen) atoms.